The quantitative estimate of drug-likeness (QED) is 0.176. The van der Waals surface area contributed by atoms with Gasteiger partial charge in [-0.15, -0.1) is 0 Å². The zero-order valence-corrected chi connectivity index (χ0v) is 28.0. The van der Waals surface area contributed by atoms with E-state index in [4.69, 9.17) is 5.10 Å². The van der Waals surface area contributed by atoms with E-state index in [0.717, 1.165) is 33.9 Å². The largest absolute Gasteiger partial charge is 0.307 e. The van der Waals surface area contributed by atoms with Gasteiger partial charge in [-0.3, -0.25) is 0 Å². The summed E-state index contributed by atoms with van der Waals surface area (Å²) in [6.07, 6.45) is 0. The van der Waals surface area contributed by atoms with E-state index in [2.05, 4.69) is 188 Å². The molecule has 8 rings (SSSR count). The minimum absolute atomic E-state index is 0.356. The van der Waals surface area contributed by atoms with Gasteiger partial charge in [0.05, 0.1) is 28.1 Å². The summed E-state index contributed by atoms with van der Waals surface area (Å²) >= 11 is 0. The highest BCUT2D eigenvalue weighted by atomic mass is 15.6. The van der Waals surface area contributed by atoms with Gasteiger partial charge in [0.25, 0.3) is 0 Å². The van der Waals surface area contributed by atoms with Gasteiger partial charge in [-0.25, -0.2) is 5.01 Å². The Morgan fingerprint density at radius 2 is 1.02 bits per heavy atom. The third-order valence-corrected chi connectivity index (χ3v) is 9.57. The standard InChI is InChI=1S/C44H40N4/c1-30(2)34-23-15-24-35(31(3)4)42(34)46-29-47(45-44(46)33-19-9-6-10-20-33)43-36(32-17-7-5-8-18-32)25-16-28-41(43)48-39-26-13-11-21-37(39)38-22-12-14-27-40(38)48/h5-28,30-31H,29H2,1-4H3. The van der Waals surface area contributed by atoms with Crippen LogP contribution in [0.25, 0.3) is 38.6 Å². The fourth-order valence-corrected chi connectivity index (χ4v) is 7.34. The molecule has 0 saturated carbocycles. The van der Waals surface area contributed by atoms with Crippen LogP contribution in [0.4, 0.5) is 11.4 Å². The van der Waals surface area contributed by atoms with E-state index in [1.807, 2.05) is 0 Å². The van der Waals surface area contributed by atoms with E-state index in [1.165, 1.54) is 38.6 Å². The smallest absolute Gasteiger partial charge is 0.162 e. The van der Waals surface area contributed by atoms with Gasteiger partial charge in [0.1, 0.15) is 6.67 Å². The van der Waals surface area contributed by atoms with Crippen LogP contribution in [-0.2, 0) is 0 Å². The number of nitrogens with zero attached hydrogens (tertiary/aromatic N) is 4. The number of amidine groups is 1. The van der Waals surface area contributed by atoms with Crippen molar-refractivity contribution in [3.8, 4) is 16.8 Å². The Kier molecular flexibility index (Phi) is 7.57. The van der Waals surface area contributed by atoms with Crippen LogP contribution >= 0.6 is 0 Å². The van der Waals surface area contributed by atoms with E-state index >= 15 is 0 Å². The summed E-state index contributed by atoms with van der Waals surface area (Å²) in [4.78, 5) is 2.46. The number of hydrazone groups is 1. The van der Waals surface area contributed by atoms with Crippen LogP contribution in [0.2, 0.25) is 0 Å². The molecule has 0 saturated heterocycles. The average molecular weight is 625 g/mol. The van der Waals surface area contributed by atoms with Crippen molar-refractivity contribution in [3.63, 3.8) is 0 Å². The summed E-state index contributed by atoms with van der Waals surface area (Å²) in [5, 5.41) is 10.3. The van der Waals surface area contributed by atoms with Crippen molar-refractivity contribution in [1.82, 2.24) is 4.57 Å². The minimum atomic E-state index is 0.356. The summed E-state index contributed by atoms with van der Waals surface area (Å²) in [5.41, 5.74) is 11.9. The zero-order valence-electron chi connectivity index (χ0n) is 28.0. The second-order valence-electron chi connectivity index (χ2n) is 13.3. The molecule has 6 aromatic carbocycles. The third kappa shape index (κ3) is 4.96. The lowest BCUT2D eigenvalue weighted by atomic mass is 9.91. The molecule has 1 aliphatic rings. The lowest BCUT2D eigenvalue weighted by Gasteiger charge is -2.30. The number of rotatable bonds is 7. The van der Waals surface area contributed by atoms with Crippen molar-refractivity contribution in [2.24, 2.45) is 5.10 Å². The molecular weight excluding hydrogens is 585 g/mol. The molecule has 0 bridgehead atoms. The maximum atomic E-state index is 5.57. The predicted molar refractivity (Wildman–Crippen MR) is 204 cm³/mol. The van der Waals surface area contributed by atoms with Gasteiger partial charge in [-0.05, 0) is 46.7 Å². The highest BCUT2D eigenvalue weighted by Crippen LogP contribution is 2.44. The number of benzene rings is 6. The molecule has 0 amide bonds. The van der Waals surface area contributed by atoms with Crippen molar-refractivity contribution in [1.29, 1.82) is 0 Å². The molecule has 0 atom stereocenters. The molecule has 0 N–H and O–H groups in total. The van der Waals surface area contributed by atoms with Crippen LogP contribution in [0.5, 0.6) is 0 Å². The highest BCUT2D eigenvalue weighted by molar-refractivity contribution is 6.14. The van der Waals surface area contributed by atoms with Crippen molar-refractivity contribution in [2.75, 3.05) is 16.6 Å². The number of hydrogen-bond donors (Lipinski definition) is 0. The van der Waals surface area contributed by atoms with Crippen LogP contribution < -0.4 is 9.91 Å². The second kappa shape index (κ2) is 12.2. The highest BCUT2D eigenvalue weighted by Gasteiger charge is 2.33. The van der Waals surface area contributed by atoms with Crippen LogP contribution in [0, 0.1) is 0 Å². The number of aromatic nitrogens is 1. The van der Waals surface area contributed by atoms with Crippen molar-refractivity contribution < 1.29 is 0 Å². The first kappa shape index (κ1) is 29.8. The maximum absolute atomic E-state index is 5.57. The molecule has 0 fully saturated rings. The Labute approximate surface area is 283 Å². The first-order valence-corrected chi connectivity index (χ1v) is 17.0. The molecule has 4 nitrogen and oxygen atoms in total. The number of para-hydroxylation sites is 4. The normalized spacial score (nSPS) is 13.3. The van der Waals surface area contributed by atoms with Gasteiger partial charge in [0.2, 0.25) is 0 Å². The molecule has 236 valence electrons. The molecule has 0 unspecified atom stereocenters. The summed E-state index contributed by atoms with van der Waals surface area (Å²) < 4.78 is 2.43. The third-order valence-electron chi connectivity index (χ3n) is 9.57. The first-order chi connectivity index (χ1) is 23.5. The van der Waals surface area contributed by atoms with Gasteiger partial charge < -0.3 is 9.47 Å². The topological polar surface area (TPSA) is 23.8 Å². The van der Waals surface area contributed by atoms with Gasteiger partial charge in [-0.1, -0.05) is 155 Å². The summed E-state index contributed by atoms with van der Waals surface area (Å²) in [6, 6.07) is 52.3. The molecule has 0 radical (unpaired) electrons. The minimum Gasteiger partial charge on any atom is -0.307 e. The first-order valence-electron chi connectivity index (χ1n) is 17.0. The second-order valence-corrected chi connectivity index (χ2v) is 13.3. The Morgan fingerprint density at radius 1 is 0.500 bits per heavy atom. The molecule has 7 aromatic rings. The lowest BCUT2D eigenvalue weighted by molar-refractivity contribution is 0.816. The van der Waals surface area contributed by atoms with Crippen molar-refractivity contribution in [3.05, 3.63) is 162 Å². The van der Waals surface area contributed by atoms with Gasteiger partial charge in [-0.2, -0.15) is 5.10 Å². The fraction of sp³-hybridized carbons (Fsp3) is 0.159. The van der Waals surface area contributed by atoms with Gasteiger partial charge in [0.15, 0.2) is 5.84 Å². The fourth-order valence-electron chi connectivity index (χ4n) is 7.34. The molecule has 48 heavy (non-hydrogen) atoms. The molecule has 4 heteroatoms. The molecule has 1 aliphatic heterocycles. The van der Waals surface area contributed by atoms with Crippen LogP contribution in [0.3, 0.4) is 0 Å². The van der Waals surface area contributed by atoms with E-state index < -0.39 is 0 Å². The Hall–Kier alpha value is -5.61. The summed E-state index contributed by atoms with van der Waals surface area (Å²) in [7, 11) is 0. The van der Waals surface area contributed by atoms with E-state index in [0.29, 0.717) is 18.5 Å². The summed E-state index contributed by atoms with van der Waals surface area (Å²) in [5.74, 6) is 1.67. The maximum Gasteiger partial charge on any atom is 0.162 e. The molecule has 2 heterocycles. The Bertz CT molecular complexity index is 2200. The Balaban J connectivity index is 1.42. The summed E-state index contributed by atoms with van der Waals surface area (Å²) in [6.45, 7) is 9.76. The molecular formula is C44H40N4. The van der Waals surface area contributed by atoms with Crippen LogP contribution in [0.1, 0.15) is 56.2 Å². The Morgan fingerprint density at radius 3 is 1.60 bits per heavy atom. The predicted octanol–water partition coefficient (Wildman–Crippen LogP) is 11.3. The van der Waals surface area contributed by atoms with Crippen molar-refractivity contribution in [2.45, 2.75) is 39.5 Å². The van der Waals surface area contributed by atoms with Gasteiger partial charge >= 0.3 is 0 Å². The molecule has 0 spiro atoms. The number of anilines is 2. The number of fused-ring (bicyclic) bond motifs is 3. The number of hydrogen-bond acceptors (Lipinski definition) is 3. The lowest BCUT2D eigenvalue weighted by Crippen LogP contribution is -2.33. The van der Waals surface area contributed by atoms with E-state index in [-0.39, 0.29) is 0 Å². The average Bonchev–Trinajstić information content (AvgIpc) is 3.71. The SMILES string of the molecule is CC(C)c1cccc(C(C)C)c1N1CN(c2c(-c3ccccc3)cccc2-n2c3ccccc3c3ccccc32)N=C1c1ccccc1. The van der Waals surface area contributed by atoms with E-state index in [9.17, 15) is 0 Å². The molecule has 0 aliphatic carbocycles. The molecule has 1 aromatic heterocycles. The van der Waals surface area contributed by atoms with E-state index in [1.54, 1.807) is 0 Å². The van der Waals surface area contributed by atoms with Gasteiger partial charge in [0, 0.05) is 21.9 Å². The van der Waals surface area contributed by atoms with Crippen molar-refractivity contribution >= 4 is 39.0 Å². The van der Waals surface area contributed by atoms with Crippen LogP contribution in [0.15, 0.2) is 151 Å². The monoisotopic (exact) mass is 624 g/mol. The zero-order chi connectivity index (χ0) is 32.8. The van der Waals surface area contributed by atoms with Crippen LogP contribution in [-0.4, -0.2) is 17.1 Å².